The minimum Gasteiger partial charge on any atom is -0.493 e. The number of methoxy groups -OCH3 is 1. The monoisotopic (exact) mass is 314 g/mol. The summed E-state index contributed by atoms with van der Waals surface area (Å²) in [5, 5.41) is 6.26. The largest absolute Gasteiger partial charge is 0.493 e. The first-order chi connectivity index (χ1) is 10.5. The van der Waals surface area contributed by atoms with Crippen molar-refractivity contribution in [1.82, 2.24) is 10.6 Å². The van der Waals surface area contributed by atoms with Crippen LogP contribution < -0.4 is 20.1 Å². The summed E-state index contributed by atoms with van der Waals surface area (Å²) < 4.78 is 33.9. The van der Waals surface area contributed by atoms with Crippen LogP contribution in [-0.4, -0.2) is 38.3 Å². The molecule has 0 aliphatic carbocycles. The molecule has 22 heavy (non-hydrogen) atoms. The fourth-order valence-corrected chi connectivity index (χ4v) is 2.53. The van der Waals surface area contributed by atoms with Gasteiger partial charge in [0.2, 0.25) is 0 Å². The Labute approximate surface area is 128 Å². The van der Waals surface area contributed by atoms with Crippen LogP contribution in [0.4, 0.5) is 8.78 Å². The van der Waals surface area contributed by atoms with E-state index in [1.54, 1.807) is 0 Å². The number of hydrogen-bond acceptors (Lipinski definition) is 4. The Hall–Kier alpha value is -1.89. The SMILES string of the molecule is COc1cc(C(=O)NC2CCNC(C)C2)ccc1OC(F)F. The van der Waals surface area contributed by atoms with E-state index in [1.807, 2.05) is 0 Å². The van der Waals surface area contributed by atoms with Crippen LogP contribution in [0, 0.1) is 0 Å². The van der Waals surface area contributed by atoms with Crippen LogP contribution in [0.2, 0.25) is 0 Å². The molecule has 1 saturated heterocycles. The number of halogens is 2. The Morgan fingerprint density at radius 1 is 1.41 bits per heavy atom. The van der Waals surface area contributed by atoms with Crippen LogP contribution >= 0.6 is 0 Å². The molecule has 7 heteroatoms. The first-order valence-electron chi connectivity index (χ1n) is 7.16. The molecule has 1 aliphatic heterocycles. The van der Waals surface area contributed by atoms with Crippen molar-refractivity contribution < 1.29 is 23.0 Å². The van der Waals surface area contributed by atoms with Crippen molar-refractivity contribution in [2.24, 2.45) is 0 Å². The second-order valence-corrected chi connectivity index (χ2v) is 5.29. The van der Waals surface area contributed by atoms with Crippen LogP contribution in [0.5, 0.6) is 11.5 Å². The highest BCUT2D eigenvalue weighted by molar-refractivity contribution is 5.95. The van der Waals surface area contributed by atoms with E-state index in [0.717, 1.165) is 19.4 Å². The summed E-state index contributed by atoms with van der Waals surface area (Å²) >= 11 is 0. The van der Waals surface area contributed by atoms with Crippen molar-refractivity contribution in [3.63, 3.8) is 0 Å². The van der Waals surface area contributed by atoms with Gasteiger partial charge in [-0.25, -0.2) is 0 Å². The molecule has 1 aromatic rings. The Bertz CT molecular complexity index is 526. The Balaban J connectivity index is 2.06. The zero-order chi connectivity index (χ0) is 16.1. The molecule has 122 valence electrons. The van der Waals surface area contributed by atoms with E-state index in [2.05, 4.69) is 22.3 Å². The van der Waals surface area contributed by atoms with E-state index in [1.165, 1.54) is 25.3 Å². The lowest BCUT2D eigenvalue weighted by Gasteiger charge is -2.28. The lowest BCUT2D eigenvalue weighted by atomic mass is 10.0. The van der Waals surface area contributed by atoms with Gasteiger partial charge in [0.15, 0.2) is 11.5 Å². The topological polar surface area (TPSA) is 59.6 Å². The molecular formula is C15H20F2N2O3. The van der Waals surface area contributed by atoms with E-state index in [-0.39, 0.29) is 23.4 Å². The van der Waals surface area contributed by atoms with Crippen LogP contribution in [0.1, 0.15) is 30.1 Å². The van der Waals surface area contributed by atoms with Crippen LogP contribution in [0.3, 0.4) is 0 Å². The second-order valence-electron chi connectivity index (χ2n) is 5.29. The van der Waals surface area contributed by atoms with Gasteiger partial charge in [-0.15, -0.1) is 0 Å². The van der Waals surface area contributed by atoms with Gasteiger partial charge in [-0.3, -0.25) is 4.79 Å². The van der Waals surface area contributed by atoms with E-state index >= 15 is 0 Å². The summed E-state index contributed by atoms with van der Waals surface area (Å²) in [7, 11) is 1.34. The minimum absolute atomic E-state index is 0.0930. The minimum atomic E-state index is -2.94. The number of piperidine rings is 1. The molecule has 2 atom stereocenters. The van der Waals surface area contributed by atoms with Crippen molar-refractivity contribution in [3.05, 3.63) is 23.8 Å². The predicted octanol–water partition coefficient (Wildman–Crippen LogP) is 2.17. The fraction of sp³-hybridized carbons (Fsp3) is 0.533. The predicted molar refractivity (Wildman–Crippen MR) is 77.6 cm³/mol. The van der Waals surface area contributed by atoms with Gasteiger partial charge in [-0.2, -0.15) is 8.78 Å². The van der Waals surface area contributed by atoms with Gasteiger partial charge in [-0.05, 0) is 44.5 Å². The van der Waals surface area contributed by atoms with Gasteiger partial charge < -0.3 is 20.1 Å². The molecule has 2 rings (SSSR count). The quantitative estimate of drug-likeness (QED) is 0.874. The molecule has 2 unspecified atom stereocenters. The lowest BCUT2D eigenvalue weighted by molar-refractivity contribution is -0.0512. The highest BCUT2D eigenvalue weighted by atomic mass is 19.3. The fourth-order valence-electron chi connectivity index (χ4n) is 2.53. The van der Waals surface area contributed by atoms with Gasteiger partial charge in [0, 0.05) is 17.6 Å². The maximum atomic E-state index is 12.3. The Morgan fingerprint density at radius 3 is 2.82 bits per heavy atom. The van der Waals surface area contributed by atoms with Crippen molar-refractivity contribution in [2.75, 3.05) is 13.7 Å². The van der Waals surface area contributed by atoms with Crippen LogP contribution in [0.15, 0.2) is 18.2 Å². The zero-order valence-electron chi connectivity index (χ0n) is 12.6. The number of nitrogens with one attached hydrogen (secondary N) is 2. The number of amides is 1. The van der Waals surface area contributed by atoms with E-state index in [4.69, 9.17) is 4.74 Å². The number of ether oxygens (including phenoxy) is 2. The van der Waals surface area contributed by atoms with Gasteiger partial charge in [0.25, 0.3) is 5.91 Å². The van der Waals surface area contributed by atoms with Gasteiger partial charge >= 0.3 is 6.61 Å². The third-order valence-electron chi connectivity index (χ3n) is 3.60. The Morgan fingerprint density at radius 2 is 2.18 bits per heavy atom. The summed E-state index contributed by atoms with van der Waals surface area (Å²) in [4.78, 5) is 12.2. The molecule has 0 bridgehead atoms. The molecule has 1 aromatic carbocycles. The van der Waals surface area contributed by atoms with E-state index in [9.17, 15) is 13.6 Å². The molecule has 0 spiro atoms. The lowest BCUT2D eigenvalue weighted by Crippen LogP contribution is -2.46. The number of alkyl halides is 2. The zero-order valence-corrected chi connectivity index (χ0v) is 12.6. The number of hydrogen-bond donors (Lipinski definition) is 2. The molecule has 5 nitrogen and oxygen atoms in total. The third kappa shape index (κ3) is 4.30. The number of rotatable bonds is 5. The van der Waals surface area contributed by atoms with Crippen LogP contribution in [-0.2, 0) is 0 Å². The highest BCUT2D eigenvalue weighted by Crippen LogP contribution is 2.29. The second kappa shape index (κ2) is 7.40. The van der Waals surface area contributed by atoms with Gasteiger partial charge in [0.05, 0.1) is 7.11 Å². The standard InChI is InChI=1S/C15H20F2N2O3/c1-9-7-11(5-6-18-9)19-14(20)10-3-4-12(22-15(16)17)13(8-10)21-2/h3-4,8-9,11,15,18H,5-7H2,1-2H3,(H,19,20). The van der Waals surface area contributed by atoms with Crippen molar-refractivity contribution >= 4 is 5.91 Å². The van der Waals surface area contributed by atoms with Gasteiger partial charge in [-0.1, -0.05) is 0 Å². The average Bonchev–Trinajstić information content (AvgIpc) is 2.47. The maximum absolute atomic E-state index is 12.3. The number of carbonyl (C=O) groups is 1. The summed E-state index contributed by atoms with van der Waals surface area (Å²) in [6.45, 7) is -0.0150. The molecule has 1 amide bonds. The van der Waals surface area contributed by atoms with Crippen molar-refractivity contribution in [3.8, 4) is 11.5 Å². The average molecular weight is 314 g/mol. The summed E-state index contributed by atoms with van der Waals surface area (Å²) in [6, 6.07) is 4.62. The van der Waals surface area contributed by atoms with E-state index < -0.39 is 6.61 Å². The first kappa shape index (κ1) is 16.5. The molecule has 1 aliphatic rings. The van der Waals surface area contributed by atoms with Gasteiger partial charge in [0.1, 0.15) is 0 Å². The molecule has 1 heterocycles. The molecule has 1 fully saturated rings. The molecular weight excluding hydrogens is 294 g/mol. The molecule has 0 radical (unpaired) electrons. The first-order valence-corrected chi connectivity index (χ1v) is 7.16. The Kier molecular flexibility index (Phi) is 5.54. The molecule has 2 N–H and O–H groups in total. The summed E-state index contributed by atoms with van der Waals surface area (Å²) in [5.41, 5.74) is 0.352. The normalized spacial score (nSPS) is 21.5. The van der Waals surface area contributed by atoms with Crippen molar-refractivity contribution in [2.45, 2.75) is 38.5 Å². The van der Waals surface area contributed by atoms with Crippen molar-refractivity contribution in [1.29, 1.82) is 0 Å². The molecule has 0 aromatic heterocycles. The summed E-state index contributed by atoms with van der Waals surface area (Å²) in [5.74, 6) is -0.239. The number of benzene rings is 1. The highest BCUT2D eigenvalue weighted by Gasteiger charge is 2.21. The van der Waals surface area contributed by atoms with E-state index in [0.29, 0.717) is 11.6 Å². The third-order valence-corrected chi connectivity index (χ3v) is 3.60. The number of carbonyl (C=O) groups excluding carboxylic acids is 1. The van der Waals surface area contributed by atoms with Crippen LogP contribution in [0.25, 0.3) is 0 Å². The maximum Gasteiger partial charge on any atom is 0.387 e. The molecule has 0 saturated carbocycles. The smallest absolute Gasteiger partial charge is 0.387 e. The summed E-state index contributed by atoms with van der Waals surface area (Å²) in [6.07, 6.45) is 1.72.